The number of rotatable bonds is 1. The van der Waals surface area contributed by atoms with Crippen LogP contribution in [0.5, 0.6) is 0 Å². The third-order valence-electron chi connectivity index (χ3n) is 2.61. The SMILES string of the molecule is Cc1c(N)cc(-c2ccc(Cl)s2)cc1C(F)(F)F. The van der Waals surface area contributed by atoms with Crippen molar-refractivity contribution in [3.63, 3.8) is 0 Å². The van der Waals surface area contributed by atoms with Crippen LogP contribution < -0.4 is 5.73 Å². The van der Waals surface area contributed by atoms with Crippen molar-refractivity contribution in [1.29, 1.82) is 0 Å². The molecule has 0 aliphatic rings. The van der Waals surface area contributed by atoms with Crippen LogP contribution in [0.2, 0.25) is 4.34 Å². The minimum absolute atomic E-state index is 0.0499. The van der Waals surface area contributed by atoms with Gasteiger partial charge in [0.15, 0.2) is 0 Å². The number of nitrogen functional groups attached to an aromatic ring is 1. The number of benzene rings is 1. The fourth-order valence-electron chi connectivity index (χ4n) is 1.64. The van der Waals surface area contributed by atoms with Crippen molar-refractivity contribution < 1.29 is 13.2 Å². The second kappa shape index (κ2) is 4.48. The van der Waals surface area contributed by atoms with E-state index in [1.807, 2.05) is 0 Å². The molecular formula is C12H9ClF3NS. The van der Waals surface area contributed by atoms with Crippen LogP contribution in [0.4, 0.5) is 18.9 Å². The molecule has 0 spiro atoms. The molecule has 6 heteroatoms. The van der Waals surface area contributed by atoms with Crippen LogP contribution in [0.1, 0.15) is 11.1 Å². The molecule has 0 unspecified atom stereocenters. The Bertz CT molecular complexity index is 589. The predicted octanol–water partition coefficient (Wildman–Crippen LogP) is 4.98. The molecule has 1 aromatic carbocycles. The fraction of sp³-hybridized carbons (Fsp3) is 0.167. The summed E-state index contributed by atoms with van der Waals surface area (Å²) in [6.07, 6.45) is -4.41. The molecule has 2 aromatic rings. The van der Waals surface area contributed by atoms with Gasteiger partial charge in [0.25, 0.3) is 0 Å². The normalized spacial score (nSPS) is 11.8. The summed E-state index contributed by atoms with van der Waals surface area (Å²) in [6.45, 7) is 1.36. The first-order valence-corrected chi connectivity index (χ1v) is 6.21. The number of hydrogen-bond acceptors (Lipinski definition) is 2. The van der Waals surface area contributed by atoms with E-state index in [2.05, 4.69) is 0 Å². The lowest BCUT2D eigenvalue weighted by atomic mass is 10.0. The van der Waals surface area contributed by atoms with Crippen LogP contribution in [0.3, 0.4) is 0 Å². The summed E-state index contributed by atoms with van der Waals surface area (Å²) < 4.78 is 39.1. The first-order chi connectivity index (χ1) is 8.29. The molecule has 0 fully saturated rings. The van der Waals surface area contributed by atoms with Gasteiger partial charge in [-0.05, 0) is 42.3 Å². The Morgan fingerprint density at radius 3 is 2.39 bits per heavy atom. The first-order valence-electron chi connectivity index (χ1n) is 5.02. The van der Waals surface area contributed by atoms with Crippen LogP contribution in [0.25, 0.3) is 10.4 Å². The van der Waals surface area contributed by atoms with Crippen molar-refractivity contribution in [2.45, 2.75) is 13.1 Å². The molecule has 0 saturated heterocycles. The Balaban J connectivity index is 2.61. The third kappa shape index (κ3) is 2.47. The maximum atomic E-state index is 12.9. The highest BCUT2D eigenvalue weighted by Gasteiger charge is 2.33. The predicted molar refractivity (Wildman–Crippen MR) is 68.9 cm³/mol. The van der Waals surface area contributed by atoms with Crippen molar-refractivity contribution >= 4 is 28.6 Å². The molecule has 2 rings (SSSR count). The molecule has 0 saturated carbocycles. The number of hydrogen-bond donors (Lipinski definition) is 1. The second-order valence-electron chi connectivity index (χ2n) is 3.84. The Labute approximate surface area is 111 Å². The molecule has 0 radical (unpaired) electrons. The third-order valence-corrected chi connectivity index (χ3v) is 3.89. The van der Waals surface area contributed by atoms with Crippen LogP contribution >= 0.6 is 22.9 Å². The summed E-state index contributed by atoms with van der Waals surface area (Å²) in [7, 11) is 0. The van der Waals surface area contributed by atoms with Gasteiger partial charge in [-0.1, -0.05) is 11.6 Å². The van der Waals surface area contributed by atoms with Crippen LogP contribution in [0.15, 0.2) is 24.3 Å². The number of alkyl halides is 3. The van der Waals surface area contributed by atoms with E-state index < -0.39 is 11.7 Å². The standard InChI is InChI=1S/C12H9ClF3NS/c1-6-8(12(14,15)16)4-7(5-9(6)17)10-2-3-11(13)18-10/h2-5H,17H2,1H3. The minimum Gasteiger partial charge on any atom is -0.398 e. The lowest BCUT2D eigenvalue weighted by Gasteiger charge is -2.14. The highest BCUT2D eigenvalue weighted by molar-refractivity contribution is 7.19. The summed E-state index contributed by atoms with van der Waals surface area (Å²) >= 11 is 6.99. The van der Waals surface area contributed by atoms with Gasteiger partial charge in [-0.15, -0.1) is 11.3 Å². The summed E-state index contributed by atoms with van der Waals surface area (Å²) in [5.41, 5.74) is 5.54. The summed E-state index contributed by atoms with van der Waals surface area (Å²) in [4.78, 5) is 0.664. The van der Waals surface area contributed by atoms with Crippen LogP contribution in [0, 0.1) is 6.92 Å². The van der Waals surface area contributed by atoms with Crippen molar-refractivity contribution in [3.8, 4) is 10.4 Å². The van der Waals surface area contributed by atoms with E-state index in [-0.39, 0.29) is 11.3 Å². The van der Waals surface area contributed by atoms with Gasteiger partial charge in [0.1, 0.15) is 0 Å². The van der Waals surface area contributed by atoms with E-state index in [0.29, 0.717) is 14.8 Å². The quantitative estimate of drug-likeness (QED) is 0.737. The highest BCUT2D eigenvalue weighted by atomic mass is 35.5. The number of nitrogens with two attached hydrogens (primary N) is 1. The van der Waals surface area contributed by atoms with Gasteiger partial charge in [-0.3, -0.25) is 0 Å². The van der Waals surface area contributed by atoms with Crippen molar-refractivity contribution in [3.05, 3.63) is 39.7 Å². The van der Waals surface area contributed by atoms with Crippen molar-refractivity contribution in [2.75, 3.05) is 5.73 Å². The zero-order valence-corrected chi connectivity index (χ0v) is 10.9. The number of anilines is 1. The molecule has 1 aromatic heterocycles. The first kappa shape index (κ1) is 13.2. The zero-order valence-electron chi connectivity index (χ0n) is 9.31. The van der Waals surface area contributed by atoms with Gasteiger partial charge in [-0.2, -0.15) is 13.2 Å². The van der Waals surface area contributed by atoms with E-state index in [1.165, 1.54) is 24.3 Å². The molecule has 0 atom stereocenters. The topological polar surface area (TPSA) is 26.0 Å². The summed E-state index contributed by atoms with van der Waals surface area (Å²) in [5, 5.41) is 0. The molecule has 0 amide bonds. The Morgan fingerprint density at radius 1 is 1.22 bits per heavy atom. The molecule has 0 aliphatic carbocycles. The number of thiophene rings is 1. The lowest BCUT2D eigenvalue weighted by molar-refractivity contribution is -0.137. The molecule has 1 nitrogen and oxygen atoms in total. The molecule has 0 aliphatic heterocycles. The molecule has 18 heavy (non-hydrogen) atoms. The highest BCUT2D eigenvalue weighted by Crippen LogP contribution is 2.39. The molecular weight excluding hydrogens is 283 g/mol. The summed E-state index contributed by atoms with van der Waals surface area (Å²) in [5.74, 6) is 0. The van der Waals surface area contributed by atoms with E-state index in [1.54, 1.807) is 12.1 Å². The van der Waals surface area contributed by atoms with Crippen molar-refractivity contribution in [1.82, 2.24) is 0 Å². The Morgan fingerprint density at radius 2 is 1.89 bits per heavy atom. The van der Waals surface area contributed by atoms with Gasteiger partial charge in [0.2, 0.25) is 0 Å². The van der Waals surface area contributed by atoms with E-state index in [4.69, 9.17) is 17.3 Å². The Kier molecular flexibility index (Phi) is 3.29. The minimum atomic E-state index is -4.41. The smallest absolute Gasteiger partial charge is 0.398 e. The second-order valence-corrected chi connectivity index (χ2v) is 5.55. The lowest BCUT2D eigenvalue weighted by Crippen LogP contribution is -2.09. The average molecular weight is 292 g/mol. The molecule has 1 heterocycles. The van der Waals surface area contributed by atoms with Gasteiger partial charge < -0.3 is 5.73 Å². The van der Waals surface area contributed by atoms with Gasteiger partial charge >= 0.3 is 6.18 Å². The summed E-state index contributed by atoms with van der Waals surface area (Å²) in [6, 6.07) is 5.96. The van der Waals surface area contributed by atoms with Crippen LogP contribution in [-0.2, 0) is 6.18 Å². The zero-order chi connectivity index (χ0) is 13.5. The van der Waals surface area contributed by atoms with E-state index in [9.17, 15) is 13.2 Å². The monoisotopic (exact) mass is 291 g/mol. The van der Waals surface area contributed by atoms with Gasteiger partial charge in [-0.25, -0.2) is 0 Å². The largest absolute Gasteiger partial charge is 0.416 e. The van der Waals surface area contributed by atoms with Gasteiger partial charge in [0.05, 0.1) is 9.90 Å². The molecule has 2 N–H and O–H groups in total. The maximum Gasteiger partial charge on any atom is 0.416 e. The maximum absolute atomic E-state index is 12.9. The Hall–Kier alpha value is -1.20. The van der Waals surface area contributed by atoms with Crippen LogP contribution in [-0.4, -0.2) is 0 Å². The average Bonchev–Trinajstić information content (AvgIpc) is 2.67. The van der Waals surface area contributed by atoms with E-state index in [0.717, 1.165) is 6.07 Å². The van der Waals surface area contributed by atoms with Crippen molar-refractivity contribution in [2.24, 2.45) is 0 Å². The number of halogens is 4. The van der Waals surface area contributed by atoms with E-state index >= 15 is 0 Å². The van der Waals surface area contributed by atoms with Gasteiger partial charge in [0, 0.05) is 10.6 Å². The molecule has 96 valence electrons. The molecule has 0 bridgehead atoms. The fourth-order valence-corrected chi connectivity index (χ4v) is 2.67.